The van der Waals surface area contributed by atoms with E-state index in [1.165, 1.54) is 5.57 Å². The largest absolute Gasteiger partial charge is 0.501 e. The Balaban J connectivity index is 0.000000880. The molecule has 0 aromatic rings. The summed E-state index contributed by atoms with van der Waals surface area (Å²) in [4.78, 5) is 12.7. The molecular formula is C23H34O2. The first-order valence-electron chi connectivity index (χ1n) is 10.1. The van der Waals surface area contributed by atoms with Crippen molar-refractivity contribution in [2.75, 3.05) is 7.11 Å². The molecule has 4 aliphatic carbocycles. The quantitative estimate of drug-likeness (QED) is 0.559. The fraction of sp³-hybridized carbons (Fsp3) is 0.696. The number of ketones is 1. The summed E-state index contributed by atoms with van der Waals surface area (Å²) in [5, 5.41) is 0. The molecule has 4 aliphatic rings. The van der Waals surface area contributed by atoms with Crippen LogP contribution in [0.25, 0.3) is 0 Å². The van der Waals surface area contributed by atoms with Crippen molar-refractivity contribution in [3.05, 3.63) is 35.1 Å². The molecule has 1 saturated carbocycles. The van der Waals surface area contributed by atoms with Gasteiger partial charge in [-0.15, -0.1) is 0 Å². The van der Waals surface area contributed by atoms with Gasteiger partial charge in [-0.1, -0.05) is 52.3 Å². The molecule has 0 bridgehead atoms. The van der Waals surface area contributed by atoms with Gasteiger partial charge >= 0.3 is 0 Å². The van der Waals surface area contributed by atoms with Crippen molar-refractivity contribution in [1.29, 1.82) is 0 Å². The zero-order valence-electron chi connectivity index (χ0n) is 16.8. The van der Waals surface area contributed by atoms with Gasteiger partial charge < -0.3 is 4.74 Å². The van der Waals surface area contributed by atoms with Crippen molar-refractivity contribution in [1.82, 2.24) is 0 Å². The van der Waals surface area contributed by atoms with Crippen LogP contribution in [0.3, 0.4) is 0 Å². The molecule has 0 N–H and O–H groups in total. The van der Waals surface area contributed by atoms with E-state index in [9.17, 15) is 4.79 Å². The van der Waals surface area contributed by atoms with Crippen molar-refractivity contribution in [3.8, 4) is 0 Å². The van der Waals surface area contributed by atoms with Crippen LogP contribution in [0, 0.1) is 28.6 Å². The summed E-state index contributed by atoms with van der Waals surface area (Å²) in [6, 6.07) is 0. The molecule has 2 nitrogen and oxygen atoms in total. The maximum absolute atomic E-state index is 12.7. The average Bonchev–Trinajstić information content (AvgIpc) is 2.86. The summed E-state index contributed by atoms with van der Waals surface area (Å²) in [7, 11) is 1.78. The number of methoxy groups -OCH3 is 1. The van der Waals surface area contributed by atoms with Gasteiger partial charge in [-0.25, -0.2) is 0 Å². The second-order valence-corrected chi connectivity index (χ2v) is 8.54. The van der Waals surface area contributed by atoms with Gasteiger partial charge in [0.25, 0.3) is 0 Å². The summed E-state index contributed by atoms with van der Waals surface area (Å²) < 4.78 is 5.49. The molecule has 0 heterocycles. The summed E-state index contributed by atoms with van der Waals surface area (Å²) in [5.74, 6) is 2.95. The third-order valence-corrected chi connectivity index (χ3v) is 7.38. The van der Waals surface area contributed by atoms with Gasteiger partial charge in [0.2, 0.25) is 0 Å². The highest BCUT2D eigenvalue weighted by molar-refractivity contribution is 5.89. The van der Waals surface area contributed by atoms with Crippen LogP contribution >= 0.6 is 0 Å². The average molecular weight is 343 g/mol. The van der Waals surface area contributed by atoms with E-state index in [4.69, 9.17) is 4.74 Å². The Morgan fingerprint density at radius 2 is 1.92 bits per heavy atom. The van der Waals surface area contributed by atoms with Crippen LogP contribution in [0.1, 0.15) is 66.7 Å². The Labute approximate surface area is 153 Å². The standard InChI is InChI=1S/C21H28O2.C2H6/c1-13-11-18-16-6-5-14-12-15(23-4)7-9-20(14,2)17(16)8-10-21(18,3)19(13)22;1-2/h5,8,12-13,16,18H,6-7,9-11H2,1-4H3;1-2H3. The molecule has 0 radical (unpaired) electrons. The van der Waals surface area contributed by atoms with E-state index >= 15 is 0 Å². The molecule has 25 heavy (non-hydrogen) atoms. The monoisotopic (exact) mass is 342 g/mol. The summed E-state index contributed by atoms with van der Waals surface area (Å²) in [5.41, 5.74) is 3.09. The summed E-state index contributed by atoms with van der Waals surface area (Å²) >= 11 is 0. The lowest BCUT2D eigenvalue weighted by Crippen LogP contribution is -2.43. The number of allylic oxidation sites excluding steroid dienone is 6. The van der Waals surface area contributed by atoms with Crippen LogP contribution in [0.4, 0.5) is 0 Å². The van der Waals surface area contributed by atoms with Crippen LogP contribution in [-0.2, 0) is 9.53 Å². The zero-order valence-corrected chi connectivity index (χ0v) is 16.8. The predicted octanol–water partition coefficient (Wildman–Crippen LogP) is 5.85. The number of Topliss-reactive ketones (excluding diaryl/α,β-unsaturated/α-hetero) is 1. The molecule has 1 fully saturated rings. The summed E-state index contributed by atoms with van der Waals surface area (Å²) in [6.07, 6.45) is 12.4. The lowest BCUT2D eigenvalue weighted by Gasteiger charge is -2.50. The molecule has 0 amide bonds. The highest BCUT2D eigenvalue weighted by atomic mass is 16.5. The van der Waals surface area contributed by atoms with Crippen molar-refractivity contribution in [3.63, 3.8) is 0 Å². The van der Waals surface area contributed by atoms with Gasteiger partial charge in [0.1, 0.15) is 5.78 Å². The first kappa shape index (κ1) is 18.5. The Bertz CT molecular complexity index is 653. The number of carbonyl (C=O) groups excluding carboxylic acids is 1. The second-order valence-electron chi connectivity index (χ2n) is 8.54. The van der Waals surface area contributed by atoms with E-state index in [1.54, 1.807) is 12.7 Å². The normalized spacial score (nSPS) is 41.9. The zero-order chi connectivity index (χ0) is 18.4. The van der Waals surface area contributed by atoms with Crippen molar-refractivity contribution < 1.29 is 9.53 Å². The molecule has 0 aromatic heterocycles. The van der Waals surface area contributed by atoms with Gasteiger partial charge in [0.15, 0.2) is 0 Å². The molecule has 0 aliphatic heterocycles. The number of ether oxygens (including phenoxy) is 1. The third kappa shape index (κ3) is 2.55. The lowest BCUT2D eigenvalue weighted by atomic mass is 9.53. The van der Waals surface area contributed by atoms with Crippen molar-refractivity contribution in [2.24, 2.45) is 28.6 Å². The van der Waals surface area contributed by atoms with E-state index in [0.29, 0.717) is 17.6 Å². The third-order valence-electron chi connectivity index (χ3n) is 7.38. The molecule has 2 heteroatoms. The van der Waals surface area contributed by atoms with Gasteiger partial charge in [0, 0.05) is 23.2 Å². The number of carbonyl (C=O) groups is 1. The number of hydrogen-bond donors (Lipinski definition) is 0. The van der Waals surface area contributed by atoms with E-state index in [-0.39, 0.29) is 16.7 Å². The van der Waals surface area contributed by atoms with Crippen molar-refractivity contribution >= 4 is 5.78 Å². The molecule has 4 rings (SSSR count). The van der Waals surface area contributed by atoms with E-state index in [0.717, 1.165) is 37.9 Å². The molecule has 0 aromatic carbocycles. The van der Waals surface area contributed by atoms with Gasteiger partial charge in [0.05, 0.1) is 12.9 Å². The minimum Gasteiger partial charge on any atom is -0.501 e. The smallest absolute Gasteiger partial charge is 0.142 e. The highest BCUT2D eigenvalue weighted by Gasteiger charge is 2.57. The molecular weight excluding hydrogens is 308 g/mol. The predicted molar refractivity (Wildman–Crippen MR) is 103 cm³/mol. The van der Waals surface area contributed by atoms with Crippen LogP contribution in [0.15, 0.2) is 35.1 Å². The minimum atomic E-state index is -0.114. The number of hydrogen-bond acceptors (Lipinski definition) is 2. The van der Waals surface area contributed by atoms with Crippen LogP contribution in [0.5, 0.6) is 0 Å². The van der Waals surface area contributed by atoms with Crippen molar-refractivity contribution in [2.45, 2.75) is 66.7 Å². The fourth-order valence-electron chi connectivity index (χ4n) is 5.90. The fourth-order valence-corrected chi connectivity index (χ4v) is 5.90. The van der Waals surface area contributed by atoms with Crippen LogP contribution in [-0.4, -0.2) is 12.9 Å². The highest BCUT2D eigenvalue weighted by Crippen LogP contribution is 2.62. The maximum Gasteiger partial charge on any atom is 0.142 e. The SMILES string of the molecule is CC.COC1=CC2=CCC3C(=CCC4(C)C(=O)C(C)CC34)C2(C)CC1. The number of fused-ring (bicyclic) bond motifs is 5. The Morgan fingerprint density at radius 3 is 2.60 bits per heavy atom. The van der Waals surface area contributed by atoms with Crippen LogP contribution in [0.2, 0.25) is 0 Å². The van der Waals surface area contributed by atoms with E-state index < -0.39 is 0 Å². The topological polar surface area (TPSA) is 26.3 Å². The molecule has 0 spiro atoms. The Morgan fingerprint density at radius 1 is 1.20 bits per heavy atom. The molecule has 0 saturated heterocycles. The van der Waals surface area contributed by atoms with E-state index in [1.807, 2.05) is 13.8 Å². The first-order valence-corrected chi connectivity index (χ1v) is 10.1. The number of rotatable bonds is 1. The Kier molecular flexibility index (Phi) is 4.77. The molecule has 138 valence electrons. The maximum atomic E-state index is 12.7. The Hall–Kier alpha value is -1.31. The van der Waals surface area contributed by atoms with Gasteiger partial charge in [-0.3, -0.25) is 4.79 Å². The van der Waals surface area contributed by atoms with Gasteiger partial charge in [-0.2, -0.15) is 0 Å². The van der Waals surface area contributed by atoms with Gasteiger partial charge in [-0.05, 0) is 49.2 Å². The molecule has 5 unspecified atom stereocenters. The van der Waals surface area contributed by atoms with Crippen LogP contribution < -0.4 is 0 Å². The molecule has 5 atom stereocenters. The summed E-state index contributed by atoms with van der Waals surface area (Å²) in [6.45, 7) is 10.8. The minimum absolute atomic E-state index is 0.114. The first-order chi connectivity index (χ1) is 11.9. The van der Waals surface area contributed by atoms with E-state index in [2.05, 4.69) is 39.0 Å². The lowest BCUT2D eigenvalue weighted by molar-refractivity contribution is -0.129. The second kappa shape index (κ2) is 6.45.